The second kappa shape index (κ2) is 11.4. The van der Waals surface area contributed by atoms with E-state index in [2.05, 4.69) is 0 Å². The highest BCUT2D eigenvalue weighted by Crippen LogP contribution is 2.39. The number of anilines is 1. The quantitative estimate of drug-likeness (QED) is 0.234. The summed E-state index contributed by atoms with van der Waals surface area (Å²) in [6.07, 6.45) is 1.88. The molecule has 4 aromatic rings. The van der Waals surface area contributed by atoms with E-state index in [9.17, 15) is 4.79 Å². The molecule has 0 atom stereocenters. The van der Waals surface area contributed by atoms with Crippen LogP contribution in [0.3, 0.4) is 0 Å². The molecule has 38 heavy (non-hydrogen) atoms. The molecule has 0 saturated carbocycles. The van der Waals surface area contributed by atoms with Crippen molar-refractivity contribution < 1.29 is 14.3 Å². The Morgan fingerprint density at radius 1 is 0.842 bits per heavy atom. The number of nitrogens with zero attached hydrogens (tertiary/aromatic N) is 2. The first-order valence-electron chi connectivity index (χ1n) is 12.3. The molecule has 0 N–H and O–H groups in total. The lowest BCUT2D eigenvalue weighted by Crippen LogP contribution is -2.29. The minimum absolute atomic E-state index is 0.111. The second-order valence-electron chi connectivity index (χ2n) is 8.90. The summed E-state index contributed by atoms with van der Waals surface area (Å²) >= 11 is 1.37. The Balaban J connectivity index is 1.47. The first-order chi connectivity index (χ1) is 18.5. The first kappa shape index (κ1) is 25.4. The molecular formula is C32H28N2O3S. The minimum Gasteiger partial charge on any atom is -0.493 e. The van der Waals surface area contributed by atoms with Gasteiger partial charge in [0, 0.05) is 0 Å². The molecule has 1 amide bonds. The van der Waals surface area contributed by atoms with Gasteiger partial charge in [-0.3, -0.25) is 9.69 Å². The molecule has 6 heteroatoms. The topological polar surface area (TPSA) is 51.1 Å². The van der Waals surface area contributed by atoms with E-state index in [4.69, 9.17) is 14.5 Å². The van der Waals surface area contributed by atoms with Crippen LogP contribution in [-0.2, 0) is 11.4 Å². The zero-order valence-electron chi connectivity index (χ0n) is 21.5. The van der Waals surface area contributed by atoms with Crippen molar-refractivity contribution in [1.82, 2.24) is 0 Å². The van der Waals surface area contributed by atoms with Gasteiger partial charge in [0.25, 0.3) is 5.91 Å². The molecule has 190 valence electrons. The van der Waals surface area contributed by atoms with Crippen LogP contribution in [0.1, 0.15) is 22.3 Å². The van der Waals surface area contributed by atoms with Crippen molar-refractivity contribution in [3.8, 4) is 11.5 Å². The maximum atomic E-state index is 13.7. The molecule has 0 aromatic heterocycles. The predicted molar refractivity (Wildman–Crippen MR) is 156 cm³/mol. The molecule has 1 saturated heterocycles. The number of hydrogen-bond donors (Lipinski definition) is 0. The largest absolute Gasteiger partial charge is 0.493 e. The Morgan fingerprint density at radius 3 is 2.29 bits per heavy atom. The van der Waals surface area contributed by atoms with Crippen LogP contribution in [0.4, 0.5) is 11.4 Å². The highest BCUT2D eigenvalue weighted by molar-refractivity contribution is 8.19. The van der Waals surface area contributed by atoms with Gasteiger partial charge in [0.1, 0.15) is 6.61 Å². The van der Waals surface area contributed by atoms with E-state index in [1.54, 1.807) is 12.0 Å². The van der Waals surface area contributed by atoms with Crippen molar-refractivity contribution in [1.29, 1.82) is 0 Å². The monoisotopic (exact) mass is 520 g/mol. The van der Waals surface area contributed by atoms with Crippen LogP contribution in [0.15, 0.2) is 107 Å². The Bertz CT molecular complexity index is 1530. The predicted octanol–water partition coefficient (Wildman–Crippen LogP) is 7.70. The van der Waals surface area contributed by atoms with E-state index >= 15 is 0 Å². The van der Waals surface area contributed by atoms with E-state index in [1.165, 1.54) is 11.8 Å². The molecule has 0 bridgehead atoms. The molecule has 1 fully saturated rings. The van der Waals surface area contributed by atoms with Crippen molar-refractivity contribution in [2.75, 3.05) is 12.0 Å². The fourth-order valence-corrected chi connectivity index (χ4v) is 5.13. The van der Waals surface area contributed by atoms with Crippen LogP contribution in [0, 0.1) is 13.8 Å². The smallest absolute Gasteiger partial charge is 0.271 e. The van der Waals surface area contributed by atoms with Gasteiger partial charge in [-0.15, -0.1) is 0 Å². The SMILES string of the molecule is COc1cc(/C=C2\SC(=Nc3ccccc3C)N(c3ccccc3C)C2=O)ccc1OCc1ccccc1. The van der Waals surface area contributed by atoms with Crippen LogP contribution in [-0.4, -0.2) is 18.2 Å². The van der Waals surface area contributed by atoms with E-state index in [1.807, 2.05) is 117 Å². The van der Waals surface area contributed by atoms with Gasteiger partial charge in [-0.25, -0.2) is 4.99 Å². The highest BCUT2D eigenvalue weighted by atomic mass is 32.2. The Hall–Kier alpha value is -4.29. The molecule has 0 radical (unpaired) electrons. The van der Waals surface area contributed by atoms with E-state index in [0.29, 0.717) is 28.2 Å². The van der Waals surface area contributed by atoms with Gasteiger partial charge in [0.2, 0.25) is 0 Å². The van der Waals surface area contributed by atoms with Gasteiger partial charge >= 0.3 is 0 Å². The average Bonchev–Trinajstić information content (AvgIpc) is 3.23. The van der Waals surface area contributed by atoms with E-state index < -0.39 is 0 Å². The van der Waals surface area contributed by atoms with Crippen LogP contribution >= 0.6 is 11.8 Å². The number of amidine groups is 1. The molecule has 1 aliphatic heterocycles. The van der Waals surface area contributed by atoms with Crippen LogP contribution < -0.4 is 14.4 Å². The summed E-state index contributed by atoms with van der Waals surface area (Å²) in [5.74, 6) is 1.14. The summed E-state index contributed by atoms with van der Waals surface area (Å²) in [5.41, 5.74) is 5.62. The zero-order chi connectivity index (χ0) is 26.5. The van der Waals surface area contributed by atoms with Gasteiger partial charge in [0.15, 0.2) is 16.7 Å². The number of aryl methyl sites for hydroxylation is 2. The number of thioether (sulfide) groups is 1. The molecule has 5 nitrogen and oxygen atoms in total. The number of amides is 1. The molecule has 1 heterocycles. The van der Waals surface area contributed by atoms with Crippen molar-refractivity contribution in [2.24, 2.45) is 4.99 Å². The summed E-state index contributed by atoms with van der Waals surface area (Å²) in [5, 5.41) is 0.625. The lowest BCUT2D eigenvalue weighted by atomic mass is 10.1. The highest BCUT2D eigenvalue weighted by Gasteiger charge is 2.35. The zero-order valence-corrected chi connectivity index (χ0v) is 22.4. The Labute approximate surface area is 227 Å². The number of carbonyl (C=O) groups excluding carboxylic acids is 1. The Kier molecular flexibility index (Phi) is 7.61. The molecule has 0 aliphatic carbocycles. The third-order valence-electron chi connectivity index (χ3n) is 6.22. The fraction of sp³-hybridized carbons (Fsp3) is 0.125. The third-order valence-corrected chi connectivity index (χ3v) is 7.19. The maximum absolute atomic E-state index is 13.7. The van der Waals surface area contributed by atoms with Crippen molar-refractivity contribution >= 4 is 40.3 Å². The van der Waals surface area contributed by atoms with Crippen molar-refractivity contribution in [3.05, 3.63) is 124 Å². The van der Waals surface area contributed by atoms with Gasteiger partial charge < -0.3 is 9.47 Å². The van der Waals surface area contributed by atoms with Gasteiger partial charge in [-0.1, -0.05) is 72.8 Å². The molecule has 0 spiro atoms. The maximum Gasteiger partial charge on any atom is 0.271 e. The van der Waals surface area contributed by atoms with Crippen LogP contribution in [0.5, 0.6) is 11.5 Å². The number of ether oxygens (including phenoxy) is 2. The second-order valence-corrected chi connectivity index (χ2v) is 9.91. The number of hydrogen-bond acceptors (Lipinski definition) is 5. The number of rotatable bonds is 7. The van der Waals surface area contributed by atoms with Crippen molar-refractivity contribution in [3.63, 3.8) is 0 Å². The van der Waals surface area contributed by atoms with Gasteiger partial charge in [0.05, 0.1) is 23.4 Å². The molecule has 0 unspecified atom stereocenters. The number of para-hydroxylation sites is 2. The Morgan fingerprint density at radius 2 is 1.55 bits per heavy atom. The summed E-state index contributed by atoms with van der Waals surface area (Å²) in [6.45, 7) is 4.46. The molecular weight excluding hydrogens is 492 g/mol. The number of aliphatic imine (C=N–C) groups is 1. The third kappa shape index (κ3) is 5.50. The first-order valence-corrected chi connectivity index (χ1v) is 13.1. The summed E-state index contributed by atoms with van der Waals surface area (Å²) in [4.78, 5) is 20.9. The van der Waals surface area contributed by atoms with E-state index in [-0.39, 0.29) is 5.91 Å². The lowest BCUT2D eigenvalue weighted by molar-refractivity contribution is -0.113. The van der Waals surface area contributed by atoms with Crippen LogP contribution in [0.2, 0.25) is 0 Å². The minimum atomic E-state index is -0.111. The molecule has 4 aromatic carbocycles. The fourth-order valence-electron chi connectivity index (χ4n) is 4.15. The van der Waals surface area contributed by atoms with Crippen molar-refractivity contribution in [2.45, 2.75) is 20.5 Å². The number of carbonyl (C=O) groups is 1. The van der Waals surface area contributed by atoms with Gasteiger partial charge in [-0.05, 0) is 78.2 Å². The molecule has 5 rings (SSSR count). The normalized spacial score (nSPS) is 15.3. The molecule has 1 aliphatic rings. The van der Waals surface area contributed by atoms with E-state index in [0.717, 1.165) is 33.6 Å². The number of benzene rings is 4. The summed E-state index contributed by atoms with van der Waals surface area (Å²) in [6, 6.07) is 31.4. The number of methoxy groups -OCH3 is 1. The van der Waals surface area contributed by atoms with Crippen LogP contribution in [0.25, 0.3) is 6.08 Å². The average molecular weight is 521 g/mol. The standard InChI is InChI=1S/C32H28N2O3S/c1-22-11-7-9-15-26(22)33-32-34(27-16-10-8-12-23(27)2)31(35)30(38-32)20-25-17-18-28(29(19-25)36-3)37-21-24-13-5-4-6-14-24/h4-20H,21H2,1-3H3/b30-20-,33-32?. The summed E-state index contributed by atoms with van der Waals surface area (Å²) < 4.78 is 11.6. The van der Waals surface area contributed by atoms with Gasteiger partial charge in [-0.2, -0.15) is 0 Å². The lowest BCUT2D eigenvalue weighted by Gasteiger charge is -2.18. The summed E-state index contributed by atoms with van der Waals surface area (Å²) in [7, 11) is 1.62.